The van der Waals surface area contributed by atoms with Crippen molar-refractivity contribution < 1.29 is 14.5 Å². The van der Waals surface area contributed by atoms with Crippen molar-refractivity contribution >= 4 is 10.9 Å². The van der Waals surface area contributed by atoms with E-state index in [9.17, 15) is 10.3 Å². The zero-order chi connectivity index (χ0) is 17.6. The van der Waals surface area contributed by atoms with E-state index >= 15 is 0 Å². The minimum absolute atomic E-state index is 0.268. The topological polar surface area (TPSA) is 65.4 Å². The molecule has 2 bridgehead atoms. The highest BCUT2D eigenvalue weighted by molar-refractivity contribution is 5.83. The summed E-state index contributed by atoms with van der Waals surface area (Å²) in [6, 6.07) is 7.12. The highest BCUT2D eigenvalue weighted by Crippen LogP contribution is 2.46. The van der Waals surface area contributed by atoms with Crippen LogP contribution in [0.5, 0.6) is 5.75 Å². The average Bonchev–Trinajstić information content (AvgIpc) is 2.66. The van der Waals surface area contributed by atoms with Crippen LogP contribution in [0, 0.1) is 17.0 Å². The van der Waals surface area contributed by atoms with Gasteiger partial charge in [-0.25, -0.2) is 0 Å². The molecule has 5 atom stereocenters. The van der Waals surface area contributed by atoms with Crippen molar-refractivity contribution in [3.8, 4) is 5.75 Å². The molecule has 132 valence electrons. The van der Waals surface area contributed by atoms with E-state index in [1.54, 1.807) is 13.3 Å². The van der Waals surface area contributed by atoms with Crippen LogP contribution in [0.3, 0.4) is 0 Å². The summed E-state index contributed by atoms with van der Waals surface area (Å²) >= 11 is 0. The van der Waals surface area contributed by atoms with Crippen LogP contribution in [0.2, 0.25) is 0 Å². The number of quaternary nitrogens is 1. The molecule has 0 spiro atoms. The SMILES string of the molecule is C=C[C@@H]1C[N@+]2([O-])CC[C@H]1C[C@H]2[C@H](O)c1ccnc2ccc(OC)cc12. The maximum Gasteiger partial charge on any atom is 0.132 e. The van der Waals surface area contributed by atoms with Crippen LogP contribution in [0.1, 0.15) is 24.5 Å². The van der Waals surface area contributed by atoms with E-state index < -0.39 is 6.10 Å². The van der Waals surface area contributed by atoms with Crippen LogP contribution in [0.4, 0.5) is 0 Å². The van der Waals surface area contributed by atoms with E-state index in [0.29, 0.717) is 19.0 Å². The van der Waals surface area contributed by atoms with Gasteiger partial charge in [-0.3, -0.25) is 4.98 Å². The van der Waals surface area contributed by atoms with Gasteiger partial charge in [-0.05, 0) is 35.7 Å². The Labute approximate surface area is 147 Å². The number of methoxy groups -OCH3 is 1. The predicted molar refractivity (Wildman–Crippen MR) is 96.8 cm³/mol. The van der Waals surface area contributed by atoms with Gasteiger partial charge in [-0.2, -0.15) is 0 Å². The molecule has 3 aliphatic rings. The molecule has 4 heterocycles. The van der Waals surface area contributed by atoms with E-state index in [0.717, 1.165) is 35.1 Å². The quantitative estimate of drug-likeness (QED) is 0.527. The zero-order valence-electron chi connectivity index (χ0n) is 14.5. The molecule has 5 heteroatoms. The number of benzene rings is 1. The van der Waals surface area contributed by atoms with Gasteiger partial charge < -0.3 is 19.7 Å². The molecule has 1 aromatic heterocycles. The number of pyridine rings is 1. The Kier molecular flexibility index (Phi) is 4.02. The number of nitrogens with zero attached hydrogens (tertiary/aromatic N) is 2. The monoisotopic (exact) mass is 340 g/mol. The molecule has 5 nitrogen and oxygen atoms in total. The average molecular weight is 340 g/mol. The fourth-order valence-electron chi connectivity index (χ4n) is 4.68. The molecule has 3 aliphatic heterocycles. The number of aromatic nitrogens is 1. The number of rotatable bonds is 4. The first kappa shape index (κ1) is 16.5. The highest BCUT2D eigenvalue weighted by atomic mass is 16.6. The van der Waals surface area contributed by atoms with Crippen molar-refractivity contribution in [2.45, 2.75) is 25.0 Å². The Morgan fingerprint density at radius 2 is 2.28 bits per heavy atom. The van der Waals surface area contributed by atoms with Gasteiger partial charge in [0.2, 0.25) is 0 Å². The lowest BCUT2D eigenvalue weighted by molar-refractivity contribution is -0.929. The molecule has 0 radical (unpaired) electrons. The van der Waals surface area contributed by atoms with Crippen molar-refractivity contribution in [2.24, 2.45) is 11.8 Å². The molecule has 25 heavy (non-hydrogen) atoms. The first-order valence-corrected chi connectivity index (χ1v) is 8.87. The third-order valence-electron chi connectivity index (χ3n) is 6.12. The fraction of sp³-hybridized carbons (Fsp3) is 0.450. The third kappa shape index (κ3) is 2.63. The lowest BCUT2D eigenvalue weighted by Gasteiger charge is -2.61. The van der Waals surface area contributed by atoms with Crippen molar-refractivity contribution in [1.29, 1.82) is 0 Å². The predicted octanol–water partition coefficient (Wildman–Crippen LogP) is 3.19. The lowest BCUT2D eigenvalue weighted by atomic mass is 9.73. The van der Waals surface area contributed by atoms with Gasteiger partial charge in [0.05, 0.1) is 25.7 Å². The summed E-state index contributed by atoms with van der Waals surface area (Å²) < 4.78 is 5.00. The molecule has 1 N–H and O–H groups in total. The summed E-state index contributed by atoms with van der Waals surface area (Å²) in [5, 5.41) is 25.4. The Morgan fingerprint density at radius 3 is 3.00 bits per heavy atom. The molecule has 0 amide bonds. The van der Waals surface area contributed by atoms with Crippen LogP contribution in [-0.2, 0) is 0 Å². The fourth-order valence-corrected chi connectivity index (χ4v) is 4.68. The summed E-state index contributed by atoms with van der Waals surface area (Å²) in [7, 11) is 1.62. The largest absolute Gasteiger partial charge is 0.632 e. The van der Waals surface area contributed by atoms with Gasteiger partial charge in [0.1, 0.15) is 17.9 Å². The Bertz CT molecular complexity index is 809. The molecule has 0 aliphatic carbocycles. The van der Waals surface area contributed by atoms with Crippen LogP contribution in [0.15, 0.2) is 43.1 Å². The summed E-state index contributed by atoms with van der Waals surface area (Å²) in [5.74, 6) is 1.44. The molecule has 1 aromatic carbocycles. The molecular formula is C20H24N2O3. The third-order valence-corrected chi connectivity index (χ3v) is 6.12. The number of ether oxygens (including phenoxy) is 1. The molecule has 5 rings (SSSR count). The van der Waals surface area contributed by atoms with Gasteiger partial charge in [0, 0.05) is 30.3 Å². The first-order chi connectivity index (χ1) is 12.1. The first-order valence-electron chi connectivity index (χ1n) is 8.87. The maximum absolute atomic E-state index is 13.4. The molecule has 3 fully saturated rings. The second kappa shape index (κ2) is 6.09. The van der Waals surface area contributed by atoms with E-state index in [1.165, 1.54) is 0 Å². The Hall–Kier alpha value is -1.95. The van der Waals surface area contributed by atoms with Gasteiger partial charge in [-0.15, -0.1) is 6.58 Å². The number of hydrogen-bond donors (Lipinski definition) is 1. The minimum Gasteiger partial charge on any atom is -0.632 e. The summed E-state index contributed by atoms with van der Waals surface area (Å²) in [4.78, 5) is 4.37. The number of aliphatic hydroxyl groups excluding tert-OH is 1. The Balaban J connectivity index is 1.73. The standard InChI is InChI=1S/C20H24N2O3/c1-3-13-12-22(24)9-7-14(13)10-19(22)20(23)16-6-8-21-18-5-4-15(25-2)11-17(16)18/h3-6,8,11,13-14,19-20,23H,1,7,9-10,12H2,2H3/t13-,14+,19+,20-,22-/m1/s1. The van der Waals surface area contributed by atoms with Crippen molar-refractivity contribution in [1.82, 2.24) is 4.98 Å². The van der Waals surface area contributed by atoms with E-state index in [1.807, 2.05) is 30.3 Å². The summed E-state index contributed by atoms with van der Waals surface area (Å²) in [5.41, 5.74) is 1.57. The number of hydrogen-bond acceptors (Lipinski definition) is 4. The van der Waals surface area contributed by atoms with Crippen LogP contribution in [0.25, 0.3) is 10.9 Å². The lowest BCUT2D eigenvalue weighted by Crippen LogP contribution is -2.64. The van der Waals surface area contributed by atoms with Gasteiger partial charge in [0.15, 0.2) is 0 Å². The molecular weight excluding hydrogens is 316 g/mol. The van der Waals surface area contributed by atoms with E-state index in [4.69, 9.17) is 4.74 Å². The van der Waals surface area contributed by atoms with Crippen molar-refractivity contribution in [3.63, 3.8) is 0 Å². The van der Waals surface area contributed by atoms with Crippen molar-refractivity contribution in [2.75, 3.05) is 20.2 Å². The zero-order valence-corrected chi connectivity index (χ0v) is 14.5. The maximum atomic E-state index is 13.4. The van der Waals surface area contributed by atoms with Gasteiger partial charge in [0.25, 0.3) is 0 Å². The summed E-state index contributed by atoms with van der Waals surface area (Å²) in [6.07, 6.45) is 4.49. The second-order valence-electron chi connectivity index (χ2n) is 7.34. The van der Waals surface area contributed by atoms with E-state index in [2.05, 4.69) is 11.6 Å². The van der Waals surface area contributed by atoms with Crippen LogP contribution in [-0.4, -0.2) is 41.0 Å². The summed E-state index contributed by atoms with van der Waals surface area (Å²) in [6.45, 7) is 5.01. The minimum atomic E-state index is -0.802. The number of fused-ring (bicyclic) bond motifs is 4. The smallest absolute Gasteiger partial charge is 0.132 e. The molecule has 0 unspecified atom stereocenters. The highest BCUT2D eigenvalue weighted by Gasteiger charge is 2.49. The number of piperidine rings is 3. The van der Waals surface area contributed by atoms with Gasteiger partial charge >= 0.3 is 0 Å². The van der Waals surface area contributed by atoms with Crippen LogP contribution < -0.4 is 4.74 Å². The molecule has 0 saturated carbocycles. The van der Waals surface area contributed by atoms with E-state index in [-0.39, 0.29) is 16.6 Å². The van der Waals surface area contributed by atoms with Crippen LogP contribution >= 0.6 is 0 Å². The second-order valence-corrected chi connectivity index (χ2v) is 7.34. The Morgan fingerprint density at radius 1 is 1.44 bits per heavy atom. The molecule has 2 aromatic rings. The number of hydroxylamine groups is 3. The normalized spacial score (nSPS) is 32.5. The molecule has 3 saturated heterocycles. The number of aliphatic hydroxyl groups is 1. The van der Waals surface area contributed by atoms with Gasteiger partial charge in [-0.1, -0.05) is 6.08 Å². The van der Waals surface area contributed by atoms with Crippen molar-refractivity contribution in [3.05, 3.63) is 53.9 Å².